The summed E-state index contributed by atoms with van der Waals surface area (Å²) in [5.74, 6) is -0.957. The van der Waals surface area contributed by atoms with Gasteiger partial charge in [0.2, 0.25) is 5.91 Å². The molecule has 4 nitrogen and oxygen atoms in total. The third kappa shape index (κ3) is 4.52. The first-order chi connectivity index (χ1) is 8.31. The molecule has 5 heteroatoms. The van der Waals surface area contributed by atoms with Gasteiger partial charge in [-0.2, -0.15) is 5.26 Å². The topological polar surface area (TPSA) is 62.1 Å². The van der Waals surface area contributed by atoms with Gasteiger partial charge in [-0.15, -0.1) is 0 Å². The van der Waals surface area contributed by atoms with Gasteiger partial charge in [0.05, 0.1) is 11.2 Å². The lowest BCUT2D eigenvalue weighted by molar-refractivity contribution is -0.125. The SMILES string of the molecule is CC(C)(C)OCC(=O)Nc1ccc(F)c(C#N)c1. The van der Waals surface area contributed by atoms with E-state index in [1.165, 1.54) is 12.1 Å². The molecule has 0 aliphatic rings. The largest absolute Gasteiger partial charge is 0.366 e. The molecule has 0 aliphatic heterocycles. The van der Waals surface area contributed by atoms with Crippen molar-refractivity contribution in [3.63, 3.8) is 0 Å². The van der Waals surface area contributed by atoms with Gasteiger partial charge in [-0.25, -0.2) is 4.39 Å². The molecular formula is C13H15FN2O2. The third-order valence-electron chi connectivity index (χ3n) is 2.01. The Labute approximate surface area is 105 Å². The number of rotatable bonds is 3. The van der Waals surface area contributed by atoms with Crippen molar-refractivity contribution in [1.82, 2.24) is 0 Å². The smallest absolute Gasteiger partial charge is 0.250 e. The Morgan fingerprint density at radius 2 is 2.17 bits per heavy atom. The van der Waals surface area contributed by atoms with Crippen molar-refractivity contribution in [2.24, 2.45) is 0 Å². The number of nitrogens with one attached hydrogen (secondary N) is 1. The van der Waals surface area contributed by atoms with E-state index in [1.54, 1.807) is 6.07 Å². The quantitative estimate of drug-likeness (QED) is 0.896. The minimum absolute atomic E-state index is 0.0945. The van der Waals surface area contributed by atoms with E-state index < -0.39 is 11.4 Å². The van der Waals surface area contributed by atoms with Crippen LogP contribution in [0.3, 0.4) is 0 Å². The fraction of sp³-hybridized carbons (Fsp3) is 0.385. The van der Waals surface area contributed by atoms with Crippen LogP contribution < -0.4 is 5.32 Å². The normalized spacial score (nSPS) is 10.8. The van der Waals surface area contributed by atoms with Crippen molar-refractivity contribution in [2.45, 2.75) is 26.4 Å². The Morgan fingerprint density at radius 1 is 1.50 bits per heavy atom. The zero-order valence-corrected chi connectivity index (χ0v) is 10.6. The highest BCUT2D eigenvalue weighted by Crippen LogP contribution is 2.14. The summed E-state index contributed by atoms with van der Waals surface area (Å²) in [4.78, 5) is 11.5. The number of hydrogen-bond acceptors (Lipinski definition) is 3. The molecule has 0 bridgehead atoms. The van der Waals surface area contributed by atoms with Crippen molar-refractivity contribution < 1.29 is 13.9 Å². The number of hydrogen-bond donors (Lipinski definition) is 1. The van der Waals surface area contributed by atoms with Gasteiger partial charge in [0.15, 0.2) is 0 Å². The molecule has 0 radical (unpaired) electrons. The van der Waals surface area contributed by atoms with Gasteiger partial charge in [0, 0.05) is 5.69 Å². The molecule has 0 saturated carbocycles. The van der Waals surface area contributed by atoms with Crippen molar-refractivity contribution in [1.29, 1.82) is 5.26 Å². The van der Waals surface area contributed by atoms with Crippen LogP contribution in [0.25, 0.3) is 0 Å². The summed E-state index contributed by atoms with van der Waals surface area (Å²) in [6.07, 6.45) is 0. The lowest BCUT2D eigenvalue weighted by Gasteiger charge is -2.19. The summed E-state index contributed by atoms with van der Waals surface area (Å²) in [5.41, 5.74) is -0.141. The molecule has 0 spiro atoms. The number of amides is 1. The van der Waals surface area contributed by atoms with Gasteiger partial charge in [-0.3, -0.25) is 4.79 Å². The van der Waals surface area contributed by atoms with Crippen LogP contribution in [0.2, 0.25) is 0 Å². The van der Waals surface area contributed by atoms with E-state index in [0.29, 0.717) is 5.69 Å². The van der Waals surface area contributed by atoms with Crippen molar-refractivity contribution in [2.75, 3.05) is 11.9 Å². The summed E-state index contributed by atoms with van der Waals surface area (Å²) in [7, 11) is 0. The van der Waals surface area contributed by atoms with Crippen LogP contribution in [0.1, 0.15) is 26.3 Å². The molecule has 0 aliphatic carbocycles. The third-order valence-corrected chi connectivity index (χ3v) is 2.01. The first kappa shape index (κ1) is 14.1. The van der Waals surface area contributed by atoms with Gasteiger partial charge >= 0.3 is 0 Å². The van der Waals surface area contributed by atoms with E-state index in [2.05, 4.69) is 5.32 Å². The minimum Gasteiger partial charge on any atom is -0.366 e. The maximum absolute atomic E-state index is 13.1. The van der Waals surface area contributed by atoms with E-state index >= 15 is 0 Å². The highest BCUT2D eigenvalue weighted by atomic mass is 19.1. The minimum atomic E-state index is -0.610. The number of nitriles is 1. The molecule has 1 amide bonds. The van der Waals surface area contributed by atoms with Crippen LogP contribution >= 0.6 is 0 Å². The number of halogens is 1. The summed E-state index contributed by atoms with van der Waals surface area (Å²) in [5, 5.41) is 11.2. The summed E-state index contributed by atoms with van der Waals surface area (Å²) < 4.78 is 18.3. The Kier molecular flexibility index (Phi) is 4.40. The fourth-order valence-electron chi connectivity index (χ4n) is 1.17. The first-order valence-electron chi connectivity index (χ1n) is 5.45. The molecule has 1 aromatic rings. The number of benzene rings is 1. The molecule has 0 saturated heterocycles. The first-order valence-corrected chi connectivity index (χ1v) is 5.45. The van der Waals surface area contributed by atoms with Crippen LogP contribution in [0.4, 0.5) is 10.1 Å². The highest BCUT2D eigenvalue weighted by molar-refractivity contribution is 5.91. The molecule has 18 heavy (non-hydrogen) atoms. The van der Waals surface area contributed by atoms with E-state index in [0.717, 1.165) is 6.07 Å². The van der Waals surface area contributed by atoms with Crippen LogP contribution in [0.15, 0.2) is 18.2 Å². The van der Waals surface area contributed by atoms with Crippen molar-refractivity contribution >= 4 is 11.6 Å². The number of anilines is 1. The summed E-state index contributed by atoms with van der Waals surface area (Å²) in [6.45, 7) is 5.42. The Balaban J connectivity index is 2.63. The average molecular weight is 250 g/mol. The van der Waals surface area contributed by atoms with Crippen LogP contribution in [0.5, 0.6) is 0 Å². The predicted molar refractivity (Wildman–Crippen MR) is 65.4 cm³/mol. The van der Waals surface area contributed by atoms with E-state index in [4.69, 9.17) is 10.00 Å². The summed E-state index contributed by atoms with van der Waals surface area (Å²) in [6, 6.07) is 5.52. The second-order valence-electron chi connectivity index (χ2n) is 4.76. The Hall–Kier alpha value is -1.93. The van der Waals surface area contributed by atoms with Gasteiger partial charge < -0.3 is 10.1 Å². The second kappa shape index (κ2) is 5.61. The lowest BCUT2D eigenvalue weighted by Crippen LogP contribution is -2.27. The zero-order valence-electron chi connectivity index (χ0n) is 10.6. The van der Waals surface area contributed by atoms with E-state index in [9.17, 15) is 9.18 Å². The maximum Gasteiger partial charge on any atom is 0.250 e. The molecule has 0 heterocycles. The lowest BCUT2D eigenvalue weighted by atomic mass is 10.2. The van der Waals surface area contributed by atoms with Gasteiger partial charge in [0.1, 0.15) is 18.5 Å². The number of ether oxygens (including phenoxy) is 1. The number of nitrogens with zero attached hydrogens (tertiary/aromatic N) is 1. The Morgan fingerprint density at radius 3 is 2.72 bits per heavy atom. The Bertz CT molecular complexity index is 487. The number of carbonyl (C=O) groups is 1. The molecule has 0 aromatic heterocycles. The van der Waals surface area contributed by atoms with E-state index in [-0.39, 0.29) is 18.1 Å². The molecular weight excluding hydrogens is 235 g/mol. The fourth-order valence-corrected chi connectivity index (χ4v) is 1.17. The predicted octanol–water partition coefficient (Wildman–Crippen LogP) is 2.45. The van der Waals surface area contributed by atoms with Gasteiger partial charge in [-0.05, 0) is 39.0 Å². The molecule has 1 aromatic carbocycles. The van der Waals surface area contributed by atoms with Crippen molar-refractivity contribution in [3.8, 4) is 6.07 Å². The highest BCUT2D eigenvalue weighted by Gasteiger charge is 2.13. The molecule has 0 unspecified atom stereocenters. The molecule has 1 rings (SSSR count). The van der Waals surface area contributed by atoms with Gasteiger partial charge in [0.25, 0.3) is 0 Å². The second-order valence-corrected chi connectivity index (χ2v) is 4.76. The van der Waals surface area contributed by atoms with Crippen LogP contribution in [0, 0.1) is 17.1 Å². The monoisotopic (exact) mass is 250 g/mol. The standard InChI is InChI=1S/C13H15FN2O2/c1-13(2,3)18-8-12(17)16-10-4-5-11(14)9(6-10)7-15/h4-6H,8H2,1-3H3,(H,16,17). The molecule has 0 atom stereocenters. The molecule has 1 N–H and O–H groups in total. The van der Waals surface area contributed by atoms with E-state index in [1.807, 2.05) is 20.8 Å². The molecule has 0 fully saturated rings. The van der Waals surface area contributed by atoms with Gasteiger partial charge in [-0.1, -0.05) is 0 Å². The van der Waals surface area contributed by atoms with Crippen LogP contribution in [-0.2, 0) is 9.53 Å². The zero-order chi connectivity index (χ0) is 13.8. The van der Waals surface area contributed by atoms with Crippen molar-refractivity contribution in [3.05, 3.63) is 29.6 Å². The molecule has 96 valence electrons. The average Bonchev–Trinajstić information content (AvgIpc) is 2.28. The summed E-state index contributed by atoms with van der Waals surface area (Å²) >= 11 is 0. The number of carbonyl (C=O) groups excluding carboxylic acids is 1. The van der Waals surface area contributed by atoms with Crippen LogP contribution in [-0.4, -0.2) is 18.1 Å². The maximum atomic E-state index is 13.1.